The highest BCUT2D eigenvalue weighted by molar-refractivity contribution is 6.18. The minimum Gasteiger partial charge on any atom is -0.307 e. The predicted octanol–water partition coefficient (Wildman–Crippen LogP) is 26.3. The Bertz CT molecular complexity index is 7030. The highest BCUT2D eigenvalue weighted by Crippen LogP contribution is 2.55. The Hall–Kier alpha value is -14.3. The second-order valence-electron chi connectivity index (χ2n) is 28.6. The van der Waals surface area contributed by atoms with Crippen LogP contribution in [0.4, 0.5) is 0 Å². The van der Waals surface area contributed by atoms with Gasteiger partial charge in [-0.15, -0.1) is 0 Å². The van der Waals surface area contributed by atoms with E-state index in [2.05, 4.69) is 397 Å². The molecule has 0 N–H and O–H groups in total. The summed E-state index contributed by atoms with van der Waals surface area (Å²) in [5.74, 6) is 0. The van der Waals surface area contributed by atoms with Crippen LogP contribution in [0.2, 0.25) is 0 Å². The van der Waals surface area contributed by atoms with Gasteiger partial charge in [-0.3, -0.25) is 0 Å². The van der Waals surface area contributed by atoms with Crippen LogP contribution in [0.25, 0.3) is 177 Å². The van der Waals surface area contributed by atoms with E-state index in [0.29, 0.717) is 17.5 Å². The summed E-state index contributed by atoms with van der Waals surface area (Å²) in [4.78, 5) is 0. The lowest BCUT2D eigenvalue weighted by Crippen LogP contribution is -2.11. The van der Waals surface area contributed by atoms with Gasteiger partial charge in [0.1, 0.15) is 23.3 Å². The van der Waals surface area contributed by atoms with Crippen LogP contribution in [0, 0.1) is 43.4 Å². The molecule has 4 heterocycles. The molecule has 0 atom stereocenters. The number of aromatic nitrogens is 4. The maximum Gasteiger partial charge on any atom is 0.104 e. The molecule has 0 saturated heterocycles. The van der Waals surface area contributed by atoms with Gasteiger partial charge in [0.05, 0.1) is 66.9 Å². The van der Waals surface area contributed by atoms with Crippen molar-refractivity contribution >= 4 is 87.2 Å². The molecule has 16 aromatic carbocycles. The second-order valence-corrected chi connectivity index (χ2v) is 28.6. The van der Waals surface area contributed by atoms with E-state index in [1.54, 1.807) is 0 Å². The first-order chi connectivity index (χ1) is 53.3. The normalized spacial score (nSPS) is 11.7. The average Bonchev–Trinajstić information content (AvgIpc) is 1.45. The van der Waals surface area contributed by atoms with Crippen LogP contribution < -0.4 is 0 Å². The highest BCUT2D eigenvalue weighted by atomic mass is 15.0. The lowest BCUT2D eigenvalue weighted by Gasteiger charge is -2.28. The molecule has 108 heavy (non-hydrogen) atoms. The molecule has 20 rings (SSSR count). The van der Waals surface area contributed by atoms with Gasteiger partial charge in [0.2, 0.25) is 0 Å². The molecule has 0 saturated carbocycles. The zero-order valence-corrected chi connectivity index (χ0v) is 59.8. The Morgan fingerprint density at radius 3 is 0.704 bits per heavy atom. The monoisotopic (exact) mass is 1380 g/mol. The molecule has 4 aromatic heterocycles. The van der Waals surface area contributed by atoms with Gasteiger partial charge in [0, 0.05) is 76.5 Å². The molecule has 0 aliphatic rings. The summed E-state index contributed by atoms with van der Waals surface area (Å²) in [6.07, 6.45) is 0.629. The zero-order valence-electron chi connectivity index (χ0n) is 59.8. The van der Waals surface area contributed by atoms with E-state index in [1.807, 2.05) is 0 Å². The Balaban J connectivity index is 0.836. The van der Waals surface area contributed by atoms with E-state index >= 15 is 0 Å². The zero-order chi connectivity index (χ0) is 72.3. The molecule has 0 amide bonds. The van der Waals surface area contributed by atoms with Gasteiger partial charge >= 0.3 is 0 Å². The highest BCUT2D eigenvalue weighted by Gasteiger charge is 2.35. The molecule has 0 aliphatic carbocycles. The van der Waals surface area contributed by atoms with Gasteiger partial charge in [-0.05, 0) is 151 Å². The van der Waals surface area contributed by atoms with Crippen LogP contribution >= 0.6 is 0 Å². The molecule has 0 unspecified atom stereocenters. The fraction of sp³-hybridized carbons (Fsp3) is 0.0392. The number of benzene rings is 16. The Kier molecular flexibility index (Phi) is 15.0. The molecular formula is C102H68N6. The van der Waals surface area contributed by atoms with Crippen molar-refractivity contribution in [2.24, 2.45) is 0 Å². The maximum absolute atomic E-state index is 12.7. The van der Waals surface area contributed by atoms with E-state index in [4.69, 9.17) is 0 Å². The Morgan fingerprint density at radius 1 is 0.213 bits per heavy atom. The predicted molar refractivity (Wildman–Crippen MR) is 449 cm³/mol. The minimum atomic E-state index is 0.558. The fourth-order valence-electron chi connectivity index (χ4n) is 17.7. The largest absolute Gasteiger partial charge is 0.307 e. The van der Waals surface area contributed by atoms with Crippen molar-refractivity contribution < 1.29 is 0 Å². The van der Waals surface area contributed by atoms with E-state index in [9.17, 15) is 10.5 Å². The second kappa shape index (κ2) is 25.5. The summed E-state index contributed by atoms with van der Waals surface area (Å²) < 4.78 is 9.54. The standard InChI is InChI=1S/C102H68N6/c1-64-46-51-88-78(56-64)79-57-65(2)47-52-89(79)107(88)101-84(63-104)102(98(74-38-20-9-21-39-74)94(70-30-12-5-13-31-70)97(101)73-36-18-8-19-37-73)108-90-53-48-66(3)58-80(90)82-61-68(50-55-92(82)108)59-67-49-54-91-81(60-67)77-42-24-27-45-87(77)106(91)100-83(62-103)99(105-85-43-25-22-40-75(85)76-41-23-26-44-86(76)105)95(71-32-14-6-15-33-71)93(69-28-10-4-11-29-69)96(100)72-34-16-7-17-35-72/h4-58,60-61H,59H2,1-3H3. The molecular weight excluding hydrogens is 1310 g/mol. The third kappa shape index (κ3) is 9.92. The first kappa shape index (κ1) is 63.4. The first-order valence-electron chi connectivity index (χ1n) is 37.0. The first-order valence-corrected chi connectivity index (χ1v) is 37.0. The molecule has 0 spiro atoms. The third-order valence-electron chi connectivity index (χ3n) is 22.2. The van der Waals surface area contributed by atoms with Crippen molar-refractivity contribution in [2.75, 3.05) is 0 Å². The maximum atomic E-state index is 12.7. The average molecular weight is 1380 g/mol. The summed E-state index contributed by atoms with van der Waals surface area (Å²) in [6.45, 7) is 6.50. The van der Waals surface area contributed by atoms with Gasteiger partial charge in [0.15, 0.2) is 0 Å². The number of hydrogen-bond donors (Lipinski definition) is 0. The van der Waals surface area contributed by atoms with Gasteiger partial charge in [0.25, 0.3) is 0 Å². The summed E-state index contributed by atoms with van der Waals surface area (Å²) in [5.41, 5.74) is 30.3. The van der Waals surface area contributed by atoms with Crippen LogP contribution in [0.5, 0.6) is 0 Å². The van der Waals surface area contributed by atoms with Gasteiger partial charge in [-0.25, -0.2) is 0 Å². The van der Waals surface area contributed by atoms with Crippen LogP contribution in [-0.2, 0) is 6.42 Å². The topological polar surface area (TPSA) is 67.3 Å². The quantitative estimate of drug-likeness (QED) is 0.122. The summed E-state index contributed by atoms with van der Waals surface area (Å²) in [5, 5.41) is 34.1. The Labute approximate surface area is 625 Å². The van der Waals surface area contributed by atoms with Crippen molar-refractivity contribution in [3.8, 4) is 102 Å². The molecule has 0 fully saturated rings. The van der Waals surface area contributed by atoms with E-state index in [1.165, 1.54) is 11.1 Å². The van der Waals surface area contributed by atoms with E-state index in [-0.39, 0.29) is 0 Å². The minimum absolute atomic E-state index is 0.558. The summed E-state index contributed by atoms with van der Waals surface area (Å²) >= 11 is 0. The van der Waals surface area contributed by atoms with Gasteiger partial charge in [-0.1, -0.05) is 284 Å². The number of nitriles is 2. The molecule has 0 radical (unpaired) electrons. The number of hydrogen-bond acceptors (Lipinski definition) is 2. The van der Waals surface area contributed by atoms with Crippen LogP contribution in [0.15, 0.2) is 346 Å². The van der Waals surface area contributed by atoms with Gasteiger partial charge in [-0.2, -0.15) is 10.5 Å². The molecule has 0 bridgehead atoms. The number of fused-ring (bicyclic) bond motifs is 12. The summed E-state index contributed by atoms with van der Waals surface area (Å²) in [7, 11) is 0. The van der Waals surface area contributed by atoms with Crippen molar-refractivity contribution in [3.63, 3.8) is 0 Å². The Morgan fingerprint density at radius 2 is 0.426 bits per heavy atom. The molecule has 506 valence electrons. The van der Waals surface area contributed by atoms with Crippen LogP contribution in [0.3, 0.4) is 0 Å². The lowest BCUT2D eigenvalue weighted by atomic mass is 9.82. The van der Waals surface area contributed by atoms with Crippen molar-refractivity contribution in [1.29, 1.82) is 10.5 Å². The fourth-order valence-corrected chi connectivity index (χ4v) is 17.7. The number of rotatable bonds is 12. The molecule has 6 nitrogen and oxygen atoms in total. The van der Waals surface area contributed by atoms with E-state index < -0.39 is 0 Å². The molecule has 6 heteroatoms. The van der Waals surface area contributed by atoms with Crippen molar-refractivity contribution in [1.82, 2.24) is 18.3 Å². The van der Waals surface area contributed by atoms with Crippen LogP contribution in [-0.4, -0.2) is 18.3 Å². The van der Waals surface area contributed by atoms with Crippen molar-refractivity contribution in [3.05, 3.63) is 385 Å². The van der Waals surface area contributed by atoms with Crippen molar-refractivity contribution in [2.45, 2.75) is 27.2 Å². The van der Waals surface area contributed by atoms with Gasteiger partial charge < -0.3 is 18.3 Å². The number of para-hydroxylation sites is 3. The summed E-state index contributed by atoms with van der Waals surface area (Å²) in [6, 6.07) is 130. The SMILES string of the molecule is Cc1ccc2c(c1)c1cc(C)ccc1n2-c1c(C#N)c(-n2c3ccc(C)cc3c3cc(Cc4ccc5c(c4)c4ccccc4n5-c4c(C#N)c(-n5c6ccccc6c6ccccc65)c(-c5ccccc5)c(-c5ccccc5)c4-c4ccccc4)ccc32)c(-c2ccccc2)c(-c2ccccc2)c1-c1ccccc1. The van der Waals surface area contributed by atoms with E-state index in [0.717, 1.165) is 193 Å². The van der Waals surface area contributed by atoms with Crippen LogP contribution in [0.1, 0.15) is 38.9 Å². The third-order valence-corrected chi connectivity index (χ3v) is 22.2. The number of nitrogens with zero attached hydrogens (tertiary/aromatic N) is 6. The molecule has 20 aromatic rings. The number of aryl methyl sites for hydroxylation is 3. The molecule has 0 aliphatic heterocycles. The smallest absolute Gasteiger partial charge is 0.104 e. The lowest BCUT2D eigenvalue weighted by molar-refractivity contribution is 1.12.